The molecule has 25 heavy (non-hydrogen) atoms. The molecule has 1 aliphatic carbocycles. The number of benzene rings is 1. The fraction of sp³-hybridized carbons (Fsp3) is 0.600. The molecule has 2 atom stereocenters. The molecule has 4 nitrogen and oxygen atoms in total. The van der Waals surface area contributed by atoms with Gasteiger partial charge >= 0.3 is 0 Å². The first-order chi connectivity index (χ1) is 12.2. The van der Waals surface area contributed by atoms with E-state index in [1.54, 1.807) is 11.8 Å². The minimum Gasteiger partial charge on any atom is -0.341 e. The number of hydrogen-bond acceptors (Lipinski definition) is 3. The van der Waals surface area contributed by atoms with Crippen LogP contribution in [0.4, 0.5) is 0 Å². The van der Waals surface area contributed by atoms with Crippen molar-refractivity contribution in [1.82, 2.24) is 9.80 Å². The SMILES string of the molecule is O=C([C@@H]1CSCN1C(=O)C[C@H]1CCc2ccccc2C1)N1CCCC1. The van der Waals surface area contributed by atoms with Gasteiger partial charge in [0.05, 0.1) is 5.88 Å². The molecule has 2 aliphatic heterocycles. The van der Waals surface area contributed by atoms with Gasteiger partial charge in [-0.15, -0.1) is 11.8 Å². The maximum absolute atomic E-state index is 12.9. The summed E-state index contributed by atoms with van der Waals surface area (Å²) in [6.07, 6.45) is 5.92. The number of likely N-dealkylation sites (tertiary alicyclic amines) is 1. The first kappa shape index (κ1) is 17.0. The molecule has 2 heterocycles. The lowest BCUT2D eigenvalue weighted by molar-refractivity contribution is -0.143. The lowest BCUT2D eigenvalue weighted by Crippen LogP contribution is -2.48. The van der Waals surface area contributed by atoms with Crippen LogP contribution in [0.2, 0.25) is 0 Å². The number of rotatable bonds is 3. The van der Waals surface area contributed by atoms with E-state index in [2.05, 4.69) is 24.3 Å². The van der Waals surface area contributed by atoms with E-state index in [1.807, 2.05) is 9.80 Å². The molecule has 5 heteroatoms. The molecule has 1 aromatic carbocycles. The van der Waals surface area contributed by atoms with Crippen LogP contribution in [0.5, 0.6) is 0 Å². The maximum atomic E-state index is 12.9. The zero-order valence-electron chi connectivity index (χ0n) is 14.7. The summed E-state index contributed by atoms with van der Waals surface area (Å²) in [6, 6.07) is 8.35. The van der Waals surface area contributed by atoms with Crippen LogP contribution in [-0.2, 0) is 22.4 Å². The van der Waals surface area contributed by atoms with E-state index in [4.69, 9.17) is 0 Å². The normalized spacial score (nSPS) is 25.9. The largest absolute Gasteiger partial charge is 0.341 e. The Morgan fingerprint density at radius 3 is 2.68 bits per heavy atom. The predicted octanol–water partition coefficient (Wildman–Crippen LogP) is 2.71. The first-order valence-electron chi connectivity index (χ1n) is 9.45. The summed E-state index contributed by atoms with van der Waals surface area (Å²) in [5.74, 6) is 2.19. The Hall–Kier alpha value is -1.49. The van der Waals surface area contributed by atoms with E-state index in [0.717, 1.165) is 50.9 Å². The second-order valence-electron chi connectivity index (χ2n) is 7.49. The van der Waals surface area contributed by atoms with Crippen LogP contribution in [0.3, 0.4) is 0 Å². The predicted molar refractivity (Wildman–Crippen MR) is 100 cm³/mol. The molecule has 0 N–H and O–H groups in total. The quantitative estimate of drug-likeness (QED) is 0.834. The lowest BCUT2D eigenvalue weighted by Gasteiger charge is -2.30. The number of fused-ring (bicyclic) bond motifs is 1. The summed E-state index contributed by atoms with van der Waals surface area (Å²) in [7, 11) is 0. The number of aryl methyl sites for hydroxylation is 1. The van der Waals surface area contributed by atoms with Crippen LogP contribution in [0.1, 0.15) is 36.8 Å². The zero-order valence-corrected chi connectivity index (χ0v) is 15.5. The Morgan fingerprint density at radius 1 is 1.12 bits per heavy atom. The van der Waals surface area contributed by atoms with Crippen molar-refractivity contribution in [2.24, 2.45) is 5.92 Å². The third kappa shape index (κ3) is 3.57. The van der Waals surface area contributed by atoms with Gasteiger partial charge in [-0.3, -0.25) is 9.59 Å². The minimum absolute atomic E-state index is 0.171. The van der Waals surface area contributed by atoms with Crippen molar-refractivity contribution in [3.63, 3.8) is 0 Å². The minimum atomic E-state index is -0.230. The molecular formula is C20H26N2O2S. The molecule has 1 aromatic rings. The average molecular weight is 359 g/mol. The molecule has 2 fully saturated rings. The summed E-state index contributed by atoms with van der Waals surface area (Å²) in [5.41, 5.74) is 2.83. The molecule has 2 amide bonds. The van der Waals surface area contributed by atoms with Gasteiger partial charge in [-0.25, -0.2) is 0 Å². The van der Waals surface area contributed by atoms with Gasteiger partial charge in [0.2, 0.25) is 11.8 Å². The summed E-state index contributed by atoms with van der Waals surface area (Å²) >= 11 is 1.71. The van der Waals surface area contributed by atoms with Crippen LogP contribution >= 0.6 is 11.8 Å². The molecule has 0 spiro atoms. The molecule has 3 aliphatic rings. The van der Waals surface area contributed by atoms with Gasteiger partial charge in [0, 0.05) is 25.3 Å². The summed E-state index contributed by atoms with van der Waals surface area (Å²) < 4.78 is 0. The average Bonchev–Trinajstić information content (AvgIpc) is 3.33. The van der Waals surface area contributed by atoms with Gasteiger partial charge in [0.15, 0.2) is 0 Å². The Bertz CT molecular complexity index is 657. The van der Waals surface area contributed by atoms with Crippen LogP contribution < -0.4 is 0 Å². The number of nitrogens with zero attached hydrogens (tertiary/aromatic N) is 2. The molecule has 134 valence electrons. The fourth-order valence-electron chi connectivity index (χ4n) is 4.35. The second kappa shape index (κ2) is 7.40. The lowest BCUT2D eigenvalue weighted by atomic mass is 9.82. The monoisotopic (exact) mass is 358 g/mol. The topological polar surface area (TPSA) is 40.6 Å². The van der Waals surface area contributed by atoms with Crippen molar-refractivity contribution < 1.29 is 9.59 Å². The number of thioether (sulfide) groups is 1. The summed E-state index contributed by atoms with van der Waals surface area (Å²) in [4.78, 5) is 29.4. The van der Waals surface area contributed by atoms with Crippen molar-refractivity contribution in [2.75, 3.05) is 24.7 Å². The van der Waals surface area contributed by atoms with Gasteiger partial charge in [-0.2, -0.15) is 0 Å². The molecule has 0 aromatic heterocycles. The summed E-state index contributed by atoms with van der Waals surface area (Å²) in [6.45, 7) is 1.73. The van der Waals surface area contributed by atoms with Crippen molar-refractivity contribution in [3.8, 4) is 0 Å². The van der Waals surface area contributed by atoms with E-state index in [9.17, 15) is 9.59 Å². The van der Waals surface area contributed by atoms with E-state index in [-0.39, 0.29) is 17.9 Å². The smallest absolute Gasteiger partial charge is 0.246 e. The molecule has 0 unspecified atom stereocenters. The highest BCUT2D eigenvalue weighted by Gasteiger charge is 2.38. The van der Waals surface area contributed by atoms with E-state index in [0.29, 0.717) is 18.2 Å². The molecular weight excluding hydrogens is 332 g/mol. The maximum Gasteiger partial charge on any atom is 0.246 e. The number of carbonyl (C=O) groups is 2. The molecule has 0 saturated carbocycles. The van der Waals surface area contributed by atoms with Crippen LogP contribution in [0.25, 0.3) is 0 Å². The van der Waals surface area contributed by atoms with Crippen molar-refractivity contribution in [1.29, 1.82) is 0 Å². The van der Waals surface area contributed by atoms with Crippen molar-refractivity contribution in [3.05, 3.63) is 35.4 Å². The fourth-order valence-corrected chi connectivity index (χ4v) is 5.52. The standard InChI is InChI=1S/C20H26N2O2S/c23-19(12-15-7-8-16-5-1-2-6-17(16)11-15)22-14-25-13-18(22)20(24)21-9-3-4-10-21/h1-2,5-6,15,18H,3-4,7-14H2/t15-,18-/m0/s1. The highest BCUT2D eigenvalue weighted by Crippen LogP contribution is 2.30. The third-order valence-corrected chi connectivity index (χ3v) is 6.83. The molecule has 0 radical (unpaired) electrons. The molecule has 4 rings (SSSR count). The summed E-state index contributed by atoms with van der Waals surface area (Å²) in [5, 5.41) is 0. The first-order valence-corrected chi connectivity index (χ1v) is 10.6. The van der Waals surface area contributed by atoms with Crippen molar-refractivity contribution >= 4 is 23.6 Å². The highest BCUT2D eigenvalue weighted by atomic mass is 32.2. The van der Waals surface area contributed by atoms with E-state index < -0.39 is 0 Å². The van der Waals surface area contributed by atoms with E-state index in [1.165, 1.54) is 11.1 Å². The van der Waals surface area contributed by atoms with Crippen molar-refractivity contribution in [2.45, 2.75) is 44.6 Å². The van der Waals surface area contributed by atoms with Gasteiger partial charge < -0.3 is 9.80 Å². The molecule has 0 bridgehead atoms. The van der Waals surface area contributed by atoms with Crippen LogP contribution in [-0.4, -0.2) is 52.4 Å². The van der Waals surface area contributed by atoms with Gasteiger partial charge in [-0.1, -0.05) is 24.3 Å². The van der Waals surface area contributed by atoms with Gasteiger partial charge in [-0.05, 0) is 49.1 Å². The van der Waals surface area contributed by atoms with Crippen LogP contribution in [0, 0.1) is 5.92 Å². The Morgan fingerprint density at radius 2 is 1.88 bits per heavy atom. The molecule has 2 saturated heterocycles. The number of carbonyl (C=O) groups excluding carboxylic acids is 2. The Balaban J connectivity index is 1.38. The Kier molecular flexibility index (Phi) is 5.02. The second-order valence-corrected chi connectivity index (χ2v) is 8.49. The zero-order chi connectivity index (χ0) is 17.2. The van der Waals surface area contributed by atoms with Gasteiger partial charge in [0.25, 0.3) is 0 Å². The number of hydrogen-bond donors (Lipinski definition) is 0. The van der Waals surface area contributed by atoms with Gasteiger partial charge in [0.1, 0.15) is 6.04 Å². The number of amides is 2. The van der Waals surface area contributed by atoms with Crippen LogP contribution in [0.15, 0.2) is 24.3 Å². The Labute approximate surface area is 153 Å². The highest BCUT2D eigenvalue weighted by molar-refractivity contribution is 7.99. The van der Waals surface area contributed by atoms with E-state index >= 15 is 0 Å². The third-order valence-electron chi connectivity index (χ3n) is 5.82.